The number of hydrogen-bond acceptors (Lipinski definition) is 8. The van der Waals surface area contributed by atoms with Gasteiger partial charge in [0, 0.05) is 12.8 Å². The van der Waals surface area contributed by atoms with Gasteiger partial charge in [0.1, 0.15) is 13.2 Å². The monoisotopic (exact) mass is 1160 g/mol. The number of likely N-dealkylation sites (N-methyl/N-ethyl adjacent to an activating group) is 1. The molecule has 0 fully saturated rings. The molecule has 2 atom stereocenters. The zero-order chi connectivity index (χ0) is 60.5. The van der Waals surface area contributed by atoms with Gasteiger partial charge in [0.2, 0.25) is 0 Å². The lowest BCUT2D eigenvalue weighted by atomic mass is 10.0. The highest BCUT2D eigenvalue weighted by Gasteiger charge is 2.22. The lowest BCUT2D eigenvalue weighted by Gasteiger charge is -2.26. The topological polar surface area (TPSA) is 111 Å². The SMILES string of the molecule is CC/C=C\C/C=C\C/C=C\C/C=C\C/C=C\CCCCCCCCCCCCCCCCCCCCCCCCCCCC(=O)OC(COC(=O)CCC/C=C\C/C=C\C/C=C\C/C=C\C/C=C\CC)COC(OCC[N+](C)(C)C)C(=O)[O-]. The summed E-state index contributed by atoms with van der Waals surface area (Å²) in [5.41, 5.74) is 0. The van der Waals surface area contributed by atoms with Crippen LogP contribution in [0.4, 0.5) is 0 Å². The van der Waals surface area contributed by atoms with Gasteiger partial charge >= 0.3 is 11.9 Å². The summed E-state index contributed by atoms with van der Waals surface area (Å²) in [4.78, 5) is 37.3. The molecule has 2 unspecified atom stereocenters. The van der Waals surface area contributed by atoms with Crippen LogP contribution in [0.15, 0.2) is 122 Å². The molecule has 0 aromatic rings. The van der Waals surface area contributed by atoms with Crippen molar-refractivity contribution in [1.29, 1.82) is 0 Å². The van der Waals surface area contributed by atoms with Crippen LogP contribution in [-0.2, 0) is 33.3 Å². The molecule has 0 spiro atoms. The number of carbonyl (C=O) groups is 3. The zero-order valence-corrected chi connectivity index (χ0v) is 54.0. The minimum absolute atomic E-state index is 0.135. The van der Waals surface area contributed by atoms with Crippen molar-refractivity contribution >= 4 is 17.9 Å². The van der Waals surface area contributed by atoms with Gasteiger partial charge in [-0.15, -0.1) is 0 Å². The predicted molar refractivity (Wildman–Crippen MR) is 352 cm³/mol. The van der Waals surface area contributed by atoms with Crippen molar-refractivity contribution in [2.45, 2.75) is 283 Å². The summed E-state index contributed by atoms with van der Waals surface area (Å²) >= 11 is 0. The number of rotatable bonds is 61. The normalized spacial score (nSPS) is 13.5. The summed E-state index contributed by atoms with van der Waals surface area (Å²) in [6, 6.07) is 0. The third kappa shape index (κ3) is 65.1. The fourth-order valence-electron chi connectivity index (χ4n) is 9.13. The van der Waals surface area contributed by atoms with E-state index < -0.39 is 30.3 Å². The molecular formula is C74H125NO8. The van der Waals surface area contributed by atoms with Gasteiger partial charge < -0.3 is 33.3 Å². The lowest BCUT2D eigenvalue weighted by molar-refractivity contribution is -0.870. The largest absolute Gasteiger partial charge is 0.545 e. The Bertz CT molecular complexity index is 1780. The Hall–Kier alpha value is -4.31. The number of hydrogen-bond donors (Lipinski definition) is 0. The molecule has 9 heteroatoms. The third-order valence-electron chi connectivity index (χ3n) is 14.2. The van der Waals surface area contributed by atoms with E-state index in [1.165, 1.54) is 141 Å². The fraction of sp³-hybridized carbons (Fsp3) is 0.689. The lowest BCUT2D eigenvalue weighted by Crippen LogP contribution is -2.44. The zero-order valence-electron chi connectivity index (χ0n) is 54.0. The first-order valence-corrected chi connectivity index (χ1v) is 33.7. The van der Waals surface area contributed by atoms with E-state index >= 15 is 0 Å². The van der Waals surface area contributed by atoms with Crippen LogP contribution in [-0.4, -0.2) is 82.3 Å². The van der Waals surface area contributed by atoms with Crippen molar-refractivity contribution in [2.75, 3.05) is 47.5 Å². The predicted octanol–water partition coefficient (Wildman–Crippen LogP) is 19.5. The average molecular weight is 1160 g/mol. The van der Waals surface area contributed by atoms with Crippen LogP contribution in [0.2, 0.25) is 0 Å². The number of nitrogens with zero attached hydrogens (tertiary/aromatic N) is 1. The molecule has 0 aliphatic carbocycles. The molecule has 0 amide bonds. The number of quaternary nitrogens is 1. The summed E-state index contributed by atoms with van der Waals surface area (Å²) in [6.07, 6.45) is 87.4. The third-order valence-corrected chi connectivity index (χ3v) is 14.2. The van der Waals surface area contributed by atoms with Crippen molar-refractivity contribution < 1.29 is 42.9 Å². The first-order valence-electron chi connectivity index (χ1n) is 33.7. The van der Waals surface area contributed by atoms with Crippen LogP contribution >= 0.6 is 0 Å². The first-order chi connectivity index (χ1) is 40.6. The second-order valence-corrected chi connectivity index (χ2v) is 23.3. The summed E-state index contributed by atoms with van der Waals surface area (Å²) < 4.78 is 22.7. The Balaban J connectivity index is 4.01. The van der Waals surface area contributed by atoms with Gasteiger partial charge in [-0.25, -0.2) is 0 Å². The second-order valence-electron chi connectivity index (χ2n) is 23.3. The van der Waals surface area contributed by atoms with Gasteiger partial charge in [-0.3, -0.25) is 9.59 Å². The van der Waals surface area contributed by atoms with E-state index in [0.717, 1.165) is 89.9 Å². The minimum Gasteiger partial charge on any atom is -0.545 e. The maximum Gasteiger partial charge on any atom is 0.306 e. The maximum atomic E-state index is 12.9. The quantitative estimate of drug-likeness (QED) is 0.0195. The standard InChI is InChI=1S/C74H125NO8/c1-6-8-10-12-14-16-18-20-22-24-25-26-27-28-29-30-31-32-33-34-35-36-37-38-39-40-41-42-43-44-45-46-47-49-51-53-55-57-59-61-63-65-72(77)83-70(69-82-74(73(78)79)80-67-66-75(3,4)5)68-81-71(76)64-62-60-58-56-54-52-50-48-23-21-19-17-15-13-11-9-7-2/h8-11,14-17,20-23,25-26,28-29,50,52,56,58,70,74H,6-7,12-13,18-19,24,27,30-49,51,53-55,57,59-69H2,1-5H3/b10-8-,11-9-,16-14-,17-15-,22-20-,23-21-,26-25-,29-28-,52-50-,58-56-. The summed E-state index contributed by atoms with van der Waals surface area (Å²) in [6.45, 7) is 4.46. The van der Waals surface area contributed by atoms with E-state index in [1.807, 2.05) is 21.1 Å². The van der Waals surface area contributed by atoms with Gasteiger partial charge in [0.05, 0.1) is 40.3 Å². The molecule has 0 bridgehead atoms. The number of carboxylic acids is 1. The van der Waals surface area contributed by atoms with Crippen LogP contribution in [0, 0.1) is 0 Å². The minimum atomic E-state index is -1.64. The number of ether oxygens (including phenoxy) is 4. The highest BCUT2D eigenvalue weighted by molar-refractivity contribution is 5.70. The molecule has 0 saturated heterocycles. The molecule has 0 rings (SSSR count). The Morgan fingerprint density at radius 2 is 0.663 bits per heavy atom. The van der Waals surface area contributed by atoms with Gasteiger partial charge in [-0.05, 0) is 96.3 Å². The molecule has 0 heterocycles. The van der Waals surface area contributed by atoms with Crippen molar-refractivity contribution in [3.8, 4) is 0 Å². The van der Waals surface area contributed by atoms with Gasteiger partial charge in [-0.2, -0.15) is 0 Å². The first kappa shape index (κ1) is 78.7. The fourth-order valence-corrected chi connectivity index (χ4v) is 9.13. The number of unbranched alkanes of at least 4 members (excludes halogenated alkanes) is 26. The van der Waals surface area contributed by atoms with Crippen LogP contribution in [0.3, 0.4) is 0 Å². The van der Waals surface area contributed by atoms with Gasteiger partial charge in [-0.1, -0.05) is 283 Å². The number of esters is 2. The highest BCUT2D eigenvalue weighted by atomic mass is 16.7. The van der Waals surface area contributed by atoms with Crippen LogP contribution in [0.1, 0.15) is 271 Å². The molecule has 474 valence electrons. The van der Waals surface area contributed by atoms with Gasteiger partial charge in [0.25, 0.3) is 0 Å². The Labute approximate surface area is 510 Å². The van der Waals surface area contributed by atoms with E-state index in [-0.39, 0.29) is 32.7 Å². The van der Waals surface area contributed by atoms with E-state index in [2.05, 4.69) is 135 Å². The molecule has 9 nitrogen and oxygen atoms in total. The number of allylic oxidation sites excluding steroid dienone is 20. The van der Waals surface area contributed by atoms with E-state index in [0.29, 0.717) is 23.9 Å². The van der Waals surface area contributed by atoms with Crippen molar-refractivity contribution in [1.82, 2.24) is 0 Å². The second kappa shape index (κ2) is 63.7. The van der Waals surface area contributed by atoms with Crippen molar-refractivity contribution in [3.63, 3.8) is 0 Å². The maximum absolute atomic E-state index is 12.9. The van der Waals surface area contributed by atoms with E-state index in [1.54, 1.807) is 0 Å². The number of carbonyl (C=O) groups excluding carboxylic acids is 3. The molecular weight excluding hydrogens is 1030 g/mol. The van der Waals surface area contributed by atoms with Crippen molar-refractivity contribution in [2.24, 2.45) is 0 Å². The summed E-state index contributed by atoms with van der Waals surface area (Å²) in [5, 5.41) is 11.8. The number of carboxylic acid groups (broad SMARTS) is 1. The van der Waals surface area contributed by atoms with E-state index in [9.17, 15) is 19.5 Å². The molecule has 0 aliphatic rings. The van der Waals surface area contributed by atoms with Gasteiger partial charge in [0.15, 0.2) is 12.4 Å². The average Bonchev–Trinajstić information content (AvgIpc) is 3.46. The molecule has 83 heavy (non-hydrogen) atoms. The Morgan fingerprint density at radius 1 is 0.361 bits per heavy atom. The summed E-state index contributed by atoms with van der Waals surface area (Å²) in [7, 11) is 5.91. The molecule has 0 aromatic heterocycles. The molecule has 0 saturated carbocycles. The summed E-state index contributed by atoms with van der Waals surface area (Å²) in [5.74, 6) is -2.36. The highest BCUT2D eigenvalue weighted by Crippen LogP contribution is 2.17. The molecule has 0 aliphatic heterocycles. The molecule has 0 radical (unpaired) electrons. The molecule has 0 N–H and O–H groups in total. The smallest absolute Gasteiger partial charge is 0.306 e. The Morgan fingerprint density at radius 3 is 1.00 bits per heavy atom. The van der Waals surface area contributed by atoms with E-state index in [4.69, 9.17) is 18.9 Å². The van der Waals surface area contributed by atoms with Crippen molar-refractivity contribution in [3.05, 3.63) is 122 Å². The molecule has 0 aromatic carbocycles. The van der Waals surface area contributed by atoms with Crippen LogP contribution in [0.5, 0.6) is 0 Å². The van der Waals surface area contributed by atoms with Crippen LogP contribution in [0.25, 0.3) is 0 Å². The van der Waals surface area contributed by atoms with Crippen LogP contribution < -0.4 is 5.11 Å². The number of aliphatic carboxylic acids is 1. The Kier molecular flexibility index (Phi) is 60.4.